The Balaban J connectivity index is 0.00000160. The number of ether oxygens (including phenoxy) is 1. The number of likely N-dealkylation sites (tertiary alicyclic amines) is 1. The van der Waals surface area contributed by atoms with Gasteiger partial charge in [0.15, 0.2) is 0 Å². The van der Waals surface area contributed by atoms with Crippen molar-refractivity contribution in [2.24, 2.45) is 23.7 Å². The summed E-state index contributed by atoms with van der Waals surface area (Å²) in [6.07, 6.45) is 3.78. The zero-order chi connectivity index (χ0) is 19.7. The smallest absolute Gasteiger partial charge is 0.226 e. The summed E-state index contributed by atoms with van der Waals surface area (Å²) in [6, 6.07) is 3.91. The monoisotopic (exact) mass is 461 g/mol. The van der Waals surface area contributed by atoms with Crippen LogP contribution in [0.1, 0.15) is 25.3 Å². The Morgan fingerprint density at radius 3 is 2.57 bits per heavy atom. The Kier molecular flexibility index (Phi) is 9.33. The second-order valence-electron chi connectivity index (χ2n) is 8.55. The molecule has 1 saturated carbocycles. The molecule has 3 N–H and O–H groups in total. The fourth-order valence-electron chi connectivity index (χ4n) is 5.21. The summed E-state index contributed by atoms with van der Waals surface area (Å²) in [5, 5.41) is 24.1. The van der Waals surface area contributed by atoms with Gasteiger partial charge in [0.2, 0.25) is 5.91 Å². The first-order valence-electron chi connectivity index (χ1n) is 10.4. The average Bonchev–Trinajstić information content (AvgIpc) is 3.21. The van der Waals surface area contributed by atoms with E-state index in [-0.39, 0.29) is 60.5 Å². The minimum atomic E-state index is -0.838. The van der Waals surface area contributed by atoms with Crippen LogP contribution in [-0.2, 0) is 16.1 Å². The van der Waals surface area contributed by atoms with E-state index >= 15 is 0 Å². The van der Waals surface area contributed by atoms with Crippen LogP contribution >= 0.6 is 24.8 Å². The van der Waals surface area contributed by atoms with E-state index in [2.05, 4.69) is 10.3 Å². The molecule has 0 spiro atoms. The summed E-state index contributed by atoms with van der Waals surface area (Å²) in [5.74, 6) is -0.279. The molecule has 3 aliphatic rings. The lowest BCUT2D eigenvalue weighted by molar-refractivity contribution is -0.157. The number of hydrogen-bond donors (Lipinski definition) is 3. The van der Waals surface area contributed by atoms with Crippen LogP contribution in [0.3, 0.4) is 0 Å². The molecular formula is C21H33Cl2N3O4. The first kappa shape index (κ1) is 25.3. The van der Waals surface area contributed by atoms with Gasteiger partial charge in [-0.05, 0) is 42.9 Å². The zero-order valence-electron chi connectivity index (χ0n) is 17.2. The maximum Gasteiger partial charge on any atom is 0.226 e. The first-order valence-corrected chi connectivity index (χ1v) is 10.4. The van der Waals surface area contributed by atoms with Gasteiger partial charge in [0, 0.05) is 43.9 Å². The van der Waals surface area contributed by atoms with Gasteiger partial charge < -0.3 is 25.2 Å². The van der Waals surface area contributed by atoms with Gasteiger partial charge in [-0.25, -0.2) is 0 Å². The molecule has 9 heteroatoms. The molecule has 2 saturated heterocycles. The SMILES string of the molecule is C[C@H]1[C@H](O)[C@@H](O)[C@H]2CNC[C@@H]2[C@H]1C(=O)N1CCC(OCc2cccnc2)CC1.Cl.Cl. The maximum absolute atomic E-state index is 13.3. The summed E-state index contributed by atoms with van der Waals surface area (Å²) in [4.78, 5) is 19.3. The number of amides is 1. The van der Waals surface area contributed by atoms with Gasteiger partial charge in [0.25, 0.3) is 0 Å². The van der Waals surface area contributed by atoms with Crippen LogP contribution in [0.5, 0.6) is 0 Å². The van der Waals surface area contributed by atoms with E-state index in [1.165, 1.54) is 0 Å². The predicted molar refractivity (Wildman–Crippen MR) is 118 cm³/mol. The molecule has 30 heavy (non-hydrogen) atoms. The van der Waals surface area contributed by atoms with Crippen molar-refractivity contribution in [1.29, 1.82) is 0 Å². The summed E-state index contributed by atoms with van der Waals surface area (Å²) >= 11 is 0. The lowest BCUT2D eigenvalue weighted by atomic mass is 9.65. The zero-order valence-corrected chi connectivity index (χ0v) is 18.9. The van der Waals surface area contributed by atoms with Gasteiger partial charge in [-0.1, -0.05) is 13.0 Å². The summed E-state index contributed by atoms with van der Waals surface area (Å²) in [5.41, 5.74) is 1.06. The maximum atomic E-state index is 13.3. The molecule has 170 valence electrons. The highest BCUT2D eigenvalue weighted by atomic mass is 35.5. The van der Waals surface area contributed by atoms with Crippen LogP contribution in [-0.4, -0.2) is 70.5 Å². The van der Waals surface area contributed by atoms with Crippen molar-refractivity contribution >= 4 is 30.7 Å². The van der Waals surface area contributed by atoms with Crippen molar-refractivity contribution in [2.45, 2.75) is 44.7 Å². The Morgan fingerprint density at radius 1 is 1.20 bits per heavy atom. The van der Waals surface area contributed by atoms with Gasteiger partial charge in [0.1, 0.15) is 0 Å². The molecule has 0 bridgehead atoms. The number of nitrogens with zero attached hydrogens (tertiary/aromatic N) is 2. The topological polar surface area (TPSA) is 94.9 Å². The Bertz CT molecular complexity index is 675. The van der Waals surface area contributed by atoms with Crippen molar-refractivity contribution in [2.75, 3.05) is 26.2 Å². The standard InChI is InChI=1S/C21H31N3O4.2ClH/c1-13-18(16-10-23-11-17(16)20(26)19(13)25)21(27)24-7-4-15(5-8-24)28-12-14-3-2-6-22-9-14;;/h2-3,6,9,13,15-20,23,25-26H,4-5,7-8,10-12H2,1H3;2*1H/t13-,16+,17+,18+,19+,20+;;/m1../s1. The second-order valence-corrected chi connectivity index (χ2v) is 8.55. The molecule has 6 atom stereocenters. The number of pyridine rings is 1. The molecule has 4 rings (SSSR count). The fourth-order valence-corrected chi connectivity index (χ4v) is 5.21. The van der Waals surface area contributed by atoms with Crippen LogP contribution in [0, 0.1) is 23.7 Å². The van der Waals surface area contributed by atoms with Crippen LogP contribution in [0.25, 0.3) is 0 Å². The van der Waals surface area contributed by atoms with Crippen molar-refractivity contribution in [3.63, 3.8) is 0 Å². The number of halogens is 2. The largest absolute Gasteiger partial charge is 0.390 e. The number of carbonyl (C=O) groups excluding carboxylic acids is 1. The fraction of sp³-hybridized carbons (Fsp3) is 0.714. The highest BCUT2D eigenvalue weighted by Crippen LogP contribution is 2.42. The van der Waals surface area contributed by atoms with E-state index in [0.29, 0.717) is 26.2 Å². The van der Waals surface area contributed by atoms with Crippen LogP contribution in [0.4, 0.5) is 0 Å². The van der Waals surface area contributed by atoms with E-state index < -0.39 is 12.2 Å². The third-order valence-corrected chi connectivity index (χ3v) is 6.91. The van der Waals surface area contributed by atoms with Crippen LogP contribution < -0.4 is 5.32 Å². The molecule has 1 aliphatic carbocycles. The first-order chi connectivity index (χ1) is 13.6. The van der Waals surface area contributed by atoms with Gasteiger partial charge in [-0.15, -0.1) is 24.8 Å². The minimum Gasteiger partial charge on any atom is -0.390 e. The van der Waals surface area contributed by atoms with E-state index in [4.69, 9.17) is 4.74 Å². The van der Waals surface area contributed by atoms with Crippen LogP contribution in [0.15, 0.2) is 24.5 Å². The highest BCUT2D eigenvalue weighted by Gasteiger charge is 2.53. The number of carbonyl (C=O) groups is 1. The third kappa shape index (κ3) is 5.09. The van der Waals surface area contributed by atoms with Crippen molar-refractivity contribution in [3.05, 3.63) is 30.1 Å². The minimum absolute atomic E-state index is 0. The molecule has 0 radical (unpaired) electrons. The normalized spacial score (nSPS) is 33.9. The Hall–Kier alpha value is -0.960. The van der Waals surface area contributed by atoms with Gasteiger partial charge in [-0.3, -0.25) is 9.78 Å². The van der Waals surface area contributed by atoms with Gasteiger partial charge in [-0.2, -0.15) is 0 Å². The number of aromatic nitrogens is 1. The molecule has 0 unspecified atom stereocenters. The van der Waals surface area contributed by atoms with E-state index in [0.717, 1.165) is 24.9 Å². The van der Waals surface area contributed by atoms with Crippen molar-refractivity contribution < 1.29 is 19.7 Å². The second kappa shape index (κ2) is 11.1. The van der Waals surface area contributed by atoms with Gasteiger partial charge >= 0.3 is 0 Å². The van der Waals surface area contributed by atoms with E-state index in [1.807, 2.05) is 30.2 Å². The number of aliphatic hydroxyl groups is 2. The molecule has 7 nitrogen and oxygen atoms in total. The molecule has 1 aromatic heterocycles. The number of piperidine rings is 1. The van der Waals surface area contributed by atoms with Crippen molar-refractivity contribution in [1.82, 2.24) is 15.2 Å². The number of fused-ring (bicyclic) bond motifs is 1. The Morgan fingerprint density at radius 2 is 1.90 bits per heavy atom. The number of rotatable bonds is 4. The summed E-state index contributed by atoms with van der Waals surface area (Å²) in [7, 11) is 0. The van der Waals surface area contributed by atoms with Crippen molar-refractivity contribution in [3.8, 4) is 0 Å². The lowest BCUT2D eigenvalue weighted by Crippen LogP contribution is -2.57. The Labute approximate surface area is 190 Å². The number of nitrogens with one attached hydrogen (secondary N) is 1. The highest BCUT2D eigenvalue weighted by molar-refractivity contribution is 5.85. The third-order valence-electron chi connectivity index (χ3n) is 6.91. The summed E-state index contributed by atoms with van der Waals surface area (Å²) < 4.78 is 6.00. The molecule has 1 amide bonds. The predicted octanol–water partition coefficient (Wildman–Crippen LogP) is 1.26. The average molecular weight is 462 g/mol. The van der Waals surface area contributed by atoms with E-state index in [1.54, 1.807) is 6.20 Å². The summed E-state index contributed by atoms with van der Waals surface area (Å²) in [6.45, 7) is 5.22. The number of hydrogen-bond acceptors (Lipinski definition) is 6. The van der Waals surface area contributed by atoms with Crippen LogP contribution in [0.2, 0.25) is 0 Å². The molecule has 2 aliphatic heterocycles. The number of aliphatic hydroxyl groups excluding tert-OH is 2. The van der Waals surface area contributed by atoms with E-state index in [9.17, 15) is 15.0 Å². The lowest BCUT2D eigenvalue weighted by Gasteiger charge is -2.45. The molecule has 0 aromatic carbocycles. The molecule has 1 aromatic rings. The molecule has 3 fully saturated rings. The quantitative estimate of drug-likeness (QED) is 0.624. The van der Waals surface area contributed by atoms with Gasteiger partial charge in [0.05, 0.1) is 24.9 Å². The molecule has 3 heterocycles. The molecular weight excluding hydrogens is 429 g/mol.